The molecule has 0 heterocycles. The Kier molecular flexibility index (Phi) is 7.21. The normalized spacial score (nSPS) is 14.4. The summed E-state index contributed by atoms with van der Waals surface area (Å²) in [6.07, 6.45) is 2.08. The van der Waals surface area contributed by atoms with E-state index in [1.807, 2.05) is 20.8 Å². The molecule has 0 aromatic rings. The van der Waals surface area contributed by atoms with Crippen LogP contribution in [0.25, 0.3) is 0 Å². The lowest BCUT2D eigenvalue weighted by molar-refractivity contribution is -0.323. The Balaban J connectivity index is 4.02. The fourth-order valence-corrected chi connectivity index (χ4v) is 1.07. The molecule has 0 fully saturated rings. The molecule has 0 saturated heterocycles. The molecule has 4 heteroatoms. The fraction of sp³-hybridized carbons (Fsp3) is 0.727. The molecule has 88 valence electrons. The third kappa shape index (κ3) is 6.38. The Bertz CT molecular complexity index is 217. The van der Waals surface area contributed by atoms with Crippen molar-refractivity contribution in [2.75, 3.05) is 7.11 Å². The summed E-state index contributed by atoms with van der Waals surface area (Å²) >= 11 is 0. The highest BCUT2D eigenvalue weighted by Gasteiger charge is 2.08. The van der Waals surface area contributed by atoms with E-state index in [4.69, 9.17) is 9.99 Å². The lowest BCUT2D eigenvalue weighted by Crippen LogP contribution is -2.11. The monoisotopic (exact) mass is 216 g/mol. The Morgan fingerprint density at radius 3 is 2.40 bits per heavy atom. The maximum absolute atomic E-state index is 11.3. The number of ketones is 1. The SMILES string of the molecule is COC(C=C(C)CCC(=O)C(C)C)OO. The molecule has 0 rings (SSSR count). The highest BCUT2D eigenvalue weighted by Crippen LogP contribution is 2.10. The Labute approximate surface area is 90.8 Å². The summed E-state index contributed by atoms with van der Waals surface area (Å²) < 4.78 is 4.79. The molecule has 4 nitrogen and oxygen atoms in total. The number of carbonyl (C=O) groups excluding carboxylic acids is 1. The molecule has 0 spiro atoms. The van der Waals surface area contributed by atoms with Crippen molar-refractivity contribution >= 4 is 5.78 Å². The minimum absolute atomic E-state index is 0.0742. The van der Waals surface area contributed by atoms with E-state index in [1.165, 1.54) is 7.11 Å². The van der Waals surface area contributed by atoms with Crippen molar-refractivity contribution in [2.24, 2.45) is 5.92 Å². The van der Waals surface area contributed by atoms with Crippen LogP contribution in [0, 0.1) is 5.92 Å². The van der Waals surface area contributed by atoms with Gasteiger partial charge in [-0.15, -0.1) is 0 Å². The van der Waals surface area contributed by atoms with Crippen LogP contribution in [0.3, 0.4) is 0 Å². The molecule has 0 aromatic carbocycles. The molecule has 0 bridgehead atoms. The Hall–Kier alpha value is -0.710. The van der Waals surface area contributed by atoms with Crippen LogP contribution in [0.15, 0.2) is 11.6 Å². The van der Waals surface area contributed by atoms with Gasteiger partial charge in [-0.05, 0) is 19.4 Å². The summed E-state index contributed by atoms with van der Waals surface area (Å²) in [5, 5.41) is 8.40. The molecule has 0 amide bonds. The summed E-state index contributed by atoms with van der Waals surface area (Å²) in [6, 6.07) is 0. The Morgan fingerprint density at radius 1 is 1.40 bits per heavy atom. The van der Waals surface area contributed by atoms with Crippen LogP contribution < -0.4 is 0 Å². The molecule has 0 aliphatic carbocycles. The lowest BCUT2D eigenvalue weighted by atomic mass is 10.0. The number of carbonyl (C=O) groups is 1. The van der Waals surface area contributed by atoms with Crippen molar-refractivity contribution in [2.45, 2.75) is 39.9 Å². The van der Waals surface area contributed by atoms with Crippen LogP contribution in [0.1, 0.15) is 33.6 Å². The molecule has 1 atom stereocenters. The summed E-state index contributed by atoms with van der Waals surface area (Å²) in [5.74, 6) is 0.312. The van der Waals surface area contributed by atoms with Gasteiger partial charge in [-0.3, -0.25) is 4.79 Å². The summed E-state index contributed by atoms with van der Waals surface area (Å²) in [6.45, 7) is 5.64. The number of hydrogen-bond acceptors (Lipinski definition) is 4. The van der Waals surface area contributed by atoms with Gasteiger partial charge in [-0.2, -0.15) is 0 Å². The largest absolute Gasteiger partial charge is 0.350 e. The van der Waals surface area contributed by atoms with E-state index in [9.17, 15) is 4.79 Å². The first-order chi connectivity index (χ1) is 7.01. The maximum Gasteiger partial charge on any atom is 0.210 e. The van der Waals surface area contributed by atoms with Gasteiger partial charge in [-0.1, -0.05) is 19.4 Å². The molecule has 0 aliphatic rings. The number of allylic oxidation sites excluding steroid dienone is 1. The van der Waals surface area contributed by atoms with Gasteiger partial charge in [-0.25, -0.2) is 10.1 Å². The van der Waals surface area contributed by atoms with Crippen LogP contribution in [-0.2, 0) is 14.4 Å². The molecule has 15 heavy (non-hydrogen) atoms. The topological polar surface area (TPSA) is 55.8 Å². The van der Waals surface area contributed by atoms with E-state index in [1.54, 1.807) is 6.08 Å². The number of methoxy groups -OCH3 is 1. The quantitative estimate of drug-likeness (QED) is 0.307. The van der Waals surface area contributed by atoms with Crippen molar-refractivity contribution in [3.8, 4) is 0 Å². The van der Waals surface area contributed by atoms with Gasteiger partial charge >= 0.3 is 0 Å². The van der Waals surface area contributed by atoms with Gasteiger partial charge in [0.05, 0.1) is 0 Å². The van der Waals surface area contributed by atoms with Crippen LogP contribution >= 0.6 is 0 Å². The second-order valence-corrected chi connectivity index (χ2v) is 3.84. The van der Waals surface area contributed by atoms with E-state index in [2.05, 4.69) is 4.89 Å². The minimum Gasteiger partial charge on any atom is -0.350 e. The zero-order valence-corrected chi connectivity index (χ0v) is 9.82. The van der Waals surface area contributed by atoms with Crippen molar-refractivity contribution in [1.29, 1.82) is 0 Å². The zero-order valence-electron chi connectivity index (χ0n) is 9.82. The van der Waals surface area contributed by atoms with Crippen LogP contribution in [0.2, 0.25) is 0 Å². The first-order valence-corrected chi connectivity index (χ1v) is 5.04. The van der Waals surface area contributed by atoms with Crippen molar-refractivity contribution in [1.82, 2.24) is 0 Å². The summed E-state index contributed by atoms with van der Waals surface area (Å²) in [5.41, 5.74) is 0.963. The first kappa shape index (κ1) is 14.3. The molecule has 0 saturated carbocycles. The summed E-state index contributed by atoms with van der Waals surface area (Å²) in [4.78, 5) is 15.4. The lowest BCUT2D eigenvalue weighted by Gasteiger charge is -2.08. The maximum atomic E-state index is 11.3. The number of rotatable bonds is 7. The van der Waals surface area contributed by atoms with Crippen molar-refractivity contribution < 1.29 is 19.7 Å². The average Bonchev–Trinajstić information content (AvgIpc) is 2.22. The standard InChI is InChI=1S/C11H20O4/c1-8(2)10(12)6-5-9(3)7-11(14-4)15-13/h7-8,11,13H,5-6H2,1-4H3. The predicted molar refractivity (Wildman–Crippen MR) is 57.3 cm³/mol. The molecular weight excluding hydrogens is 196 g/mol. The van der Waals surface area contributed by atoms with Crippen LogP contribution in [0.4, 0.5) is 0 Å². The molecule has 0 radical (unpaired) electrons. The predicted octanol–water partition coefficient (Wildman–Crippen LogP) is 2.40. The van der Waals surface area contributed by atoms with Crippen molar-refractivity contribution in [3.05, 3.63) is 11.6 Å². The van der Waals surface area contributed by atoms with E-state index >= 15 is 0 Å². The molecule has 0 aromatic heterocycles. The minimum atomic E-state index is -0.751. The fourth-order valence-electron chi connectivity index (χ4n) is 1.07. The van der Waals surface area contributed by atoms with Gasteiger partial charge in [0.25, 0.3) is 0 Å². The molecule has 1 N–H and O–H groups in total. The van der Waals surface area contributed by atoms with Gasteiger partial charge in [0.2, 0.25) is 6.29 Å². The highest BCUT2D eigenvalue weighted by molar-refractivity contribution is 5.80. The zero-order chi connectivity index (χ0) is 11.8. The van der Waals surface area contributed by atoms with Gasteiger partial charge in [0, 0.05) is 19.4 Å². The van der Waals surface area contributed by atoms with E-state index in [0.717, 1.165) is 5.57 Å². The molecule has 1 unspecified atom stereocenters. The number of hydrogen-bond donors (Lipinski definition) is 1. The van der Waals surface area contributed by atoms with Crippen molar-refractivity contribution in [3.63, 3.8) is 0 Å². The smallest absolute Gasteiger partial charge is 0.210 e. The van der Waals surface area contributed by atoms with Crippen LogP contribution in [0.5, 0.6) is 0 Å². The third-order valence-corrected chi connectivity index (χ3v) is 2.17. The van der Waals surface area contributed by atoms with Gasteiger partial charge in [0.15, 0.2) is 0 Å². The number of Topliss-reactive ketones (excluding diaryl/α,β-unsaturated/α-hetero) is 1. The van der Waals surface area contributed by atoms with Gasteiger partial charge < -0.3 is 4.74 Å². The third-order valence-electron chi connectivity index (χ3n) is 2.17. The average molecular weight is 216 g/mol. The Morgan fingerprint density at radius 2 is 2.00 bits per heavy atom. The summed E-state index contributed by atoms with van der Waals surface area (Å²) in [7, 11) is 1.43. The van der Waals surface area contributed by atoms with E-state index in [0.29, 0.717) is 12.8 Å². The van der Waals surface area contributed by atoms with Crippen LogP contribution in [-0.4, -0.2) is 24.4 Å². The van der Waals surface area contributed by atoms with E-state index in [-0.39, 0.29) is 11.7 Å². The molecular formula is C11H20O4. The molecule has 0 aliphatic heterocycles. The number of ether oxygens (including phenoxy) is 1. The van der Waals surface area contributed by atoms with Gasteiger partial charge in [0.1, 0.15) is 5.78 Å². The second kappa shape index (κ2) is 7.56. The second-order valence-electron chi connectivity index (χ2n) is 3.84. The van der Waals surface area contributed by atoms with E-state index < -0.39 is 6.29 Å². The first-order valence-electron chi connectivity index (χ1n) is 5.04. The highest BCUT2D eigenvalue weighted by atomic mass is 17.1.